The average Bonchev–Trinajstić information content (AvgIpc) is 2.85. The molecule has 1 aromatic carbocycles. The van der Waals surface area contributed by atoms with Gasteiger partial charge in [0.05, 0.1) is 4.90 Å². The lowest BCUT2D eigenvalue weighted by Gasteiger charge is -2.34. The highest BCUT2D eigenvalue weighted by atomic mass is 32.2. The molecule has 0 aromatic heterocycles. The average molecular weight is 423 g/mol. The number of benzene rings is 1. The first kappa shape index (κ1) is 21.3. The number of imide groups is 1. The van der Waals surface area contributed by atoms with Crippen LogP contribution >= 0.6 is 0 Å². The van der Waals surface area contributed by atoms with Gasteiger partial charge in [0.25, 0.3) is 5.91 Å². The molecule has 29 heavy (non-hydrogen) atoms. The zero-order valence-electron chi connectivity index (χ0n) is 17.1. The Morgan fingerprint density at radius 2 is 1.69 bits per heavy atom. The summed E-state index contributed by atoms with van der Waals surface area (Å²) in [5.74, 6) is -0.832. The van der Waals surface area contributed by atoms with Crippen molar-refractivity contribution in [2.45, 2.75) is 38.1 Å². The summed E-state index contributed by atoms with van der Waals surface area (Å²) in [6, 6.07) is 4.43. The van der Waals surface area contributed by atoms with Gasteiger partial charge in [0.15, 0.2) is 0 Å². The molecule has 4 amide bonds. The zero-order chi connectivity index (χ0) is 21.6. The molecule has 2 fully saturated rings. The van der Waals surface area contributed by atoms with Crippen molar-refractivity contribution in [3.05, 3.63) is 29.3 Å². The number of hydrogen-bond acceptors (Lipinski definition) is 5. The standard InChI is InChI=1S/C19H26N4O5S/c1-13-5-6-15(11-14(13)2)29(27,28)22-9-7-21(8-10-22)16(24)12-23-17(25)19(3,4)20-18(23)26/h5-6,11H,7-10,12H2,1-4H3,(H,20,26). The Labute approximate surface area is 170 Å². The first-order valence-corrected chi connectivity index (χ1v) is 10.9. The van der Waals surface area contributed by atoms with Gasteiger partial charge >= 0.3 is 6.03 Å². The largest absolute Gasteiger partial charge is 0.338 e. The Balaban J connectivity index is 1.63. The van der Waals surface area contributed by atoms with Gasteiger partial charge in [-0.05, 0) is 51.0 Å². The molecule has 0 atom stereocenters. The van der Waals surface area contributed by atoms with Crippen LogP contribution in [0.3, 0.4) is 0 Å². The van der Waals surface area contributed by atoms with Gasteiger partial charge in [-0.1, -0.05) is 6.07 Å². The van der Waals surface area contributed by atoms with Crippen LogP contribution in [-0.4, -0.2) is 78.6 Å². The molecule has 9 nitrogen and oxygen atoms in total. The van der Waals surface area contributed by atoms with E-state index in [2.05, 4.69) is 5.32 Å². The number of piperazine rings is 1. The van der Waals surface area contributed by atoms with Gasteiger partial charge in [-0.25, -0.2) is 13.2 Å². The summed E-state index contributed by atoms with van der Waals surface area (Å²) in [5.41, 5.74) is 0.885. The number of urea groups is 1. The molecule has 2 aliphatic rings. The number of amides is 4. The van der Waals surface area contributed by atoms with Gasteiger partial charge in [0.2, 0.25) is 15.9 Å². The lowest BCUT2D eigenvalue weighted by molar-refractivity contribution is -0.139. The third-order valence-electron chi connectivity index (χ3n) is 5.45. The first-order chi connectivity index (χ1) is 13.4. The fourth-order valence-corrected chi connectivity index (χ4v) is 4.91. The number of aryl methyl sites for hydroxylation is 2. The van der Waals surface area contributed by atoms with E-state index >= 15 is 0 Å². The summed E-state index contributed by atoms with van der Waals surface area (Å²) >= 11 is 0. The highest BCUT2D eigenvalue weighted by molar-refractivity contribution is 7.89. The number of hydrogen-bond donors (Lipinski definition) is 1. The Morgan fingerprint density at radius 3 is 2.21 bits per heavy atom. The molecular weight excluding hydrogens is 396 g/mol. The van der Waals surface area contributed by atoms with Gasteiger partial charge in [0, 0.05) is 26.2 Å². The summed E-state index contributed by atoms with van der Waals surface area (Å²) in [5, 5.41) is 2.53. The van der Waals surface area contributed by atoms with E-state index in [9.17, 15) is 22.8 Å². The van der Waals surface area contributed by atoms with Crippen molar-refractivity contribution in [3.8, 4) is 0 Å². The minimum atomic E-state index is -3.64. The molecular formula is C19H26N4O5S. The second kappa shape index (κ2) is 7.42. The maximum Gasteiger partial charge on any atom is 0.325 e. The maximum atomic E-state index is 12.9. The molecule has 2 saturated heterocycles. The van der Waals surface area contributed by atoms with E-state index in [-0.39, 0.29) is 43.5 Å². The van der Waals surface area contributed by atoms with Crippen molar-refractivity contribution in [1.82, 2.24) is 19.4 Å². The fraction of sp³-hybridized carbons (Fsp3) is 0.526. The van der Waals surface area contributed by atoms with E-state index in [1.165, 1.54) is 9.21 Å². The first-order valence-electron chi connectivity index (χ1n) is 9.43. The molecule has 0 aliphatic carbocycles. The number of sulfonamides is 1. The fourth-order valence-electron chi connectivity index (χ4n) is 3.40. The topological polar surface area (TPSA) is 107 Å². The molecule has 0 saturated carbocycles. The molecule has 1 aromatic rings. The van der Waals surface area contributed by atoms with Crippen LogP contribution in [0.1, 0.15) is 25.0 Å². The van der Waals surface area contributed by atoms with Gasteiger partial charge < -0.3 is 10.2 Å². The molecule has 2 heterocycles. The van der Waals surface area contributed by atoms with Gasteiger partial charge in [-0.3, -0.25) is 14.5 Å². The smallest absolute Gasteiger partial charge is 0.325 e. The second-order valence-corrected chi connectivity index (χ2v) is 9.92. The van der Waals surface area contributed by atoms with Gasteiger partial charge in [-0.2, -0.15) is 4.31 Å². The van der Waals surface area contributed by atoms with Crippen LogP contribution in [-0.2, 0) is 19.6 Å². The van der Waals surface area contributed by atoms with Crippen molar-refractivity contribution in [2.24, 2.45) is 0 Å². The van der Waals surface area contributed by atoms with E-state index in [4.69, 9.17) is 0 Å². The third kappa shape index (κ3) is 3.99. The lowest BCUT2D eigenvalue weighted by Crippen LogP contribution is -2.53. The van der Waals surface area contributed by atoms with Crippen LogP contribution in [0, 0.1) is 13.8 Å². The van der Waals surface area contributed by atoms with E-state index in [0.29, 0.717) is 0 Å². The number of carbonyl (C=O) groups is 3. The van der Waals surface area contributed by atoms with Gasteiger partial charge in [0.1, 0.15) is 12.1 Å². The number of nitrogens with zero attached hydrogens (tertiary/aromatic N) is 3. The van der Waals surface area contributed by atoms with Crippen LogP contribution in [0.4, 0.5) is 4.79 Å². The normalized spacial score (nSPS) is 20.1. The molecule has 10 heteroatoms. The molecule has 0 spiro atoms. The zero-order valence-corrected chi connectivity index (χ0v) is 17.9. The summed E-state index contributed by atoms with van der Waals surface area (Å²) in [6.07, 6.45) is 0. The highest BCUT2D eigenvalue weighted by Gasteiger charge is 2.45. The number of carbonyl (C=O) groups excluding carboxylic acids is 3. The minimum absolute atomic E-state index is 0.159. The minimum Gasteiger partial charge on any atom is -0.338 e. The SMILES string of the molecule is Cc1ccc(S(=O)(=O)N2CCN(C(=O)CN3C(=O)NC(C)(C)C3=O)CC2)cc1C. The van der Waals surface area contributed by atoms with Crippen molar-refractivity contribution in [2.75, 3.05) is 32.7 Å². The third-order valence-corrected chi connectivity index (χ3v) is 7.34. The van der Waals surface area contributed by atoms with Crippen molar-refractivity contribution < 1.29 is 22.8 Å². The van der Waals surface area contributed by atoms with Crippen molar-refractivity contribution in [3.63, 3.8) is 0 Å². The van der Waals surface area contributed by atoms with E-state index in [0.717, 1.165) is 16.0 Å². The van der Waals surface area contributed by atoms with Crippen LogP contribution in [0.5, 0.6) is 0 Å². The summed E-state index contributed by atoms with van der Waals surface area (Å²) < 4.78 is 27.1. The molecule has 0 unspecified atom stereocenters. The predicted molar refractivity (Wildman–Crippen MR) is 106 cm³/mol. The maximum absolute atomic E-state index is 12.9. The molecule has 158 valence electrons. The Kier molecular flexibility index (Phi) is 5.44. The van der Waals surface area contributed by atoms with Crippen LogP contribution < -0.4 is 5.32 Å². The number of nitrogens with one attached hydrogen (secondary N) is 1. The van der Waals surface area contributed by atoms with Crippen LogP contribution in [0.25, 0.3) is 0 Å². The molecule has 0 bridgehead atoms. The second-order valence-electron chi connectivity index (χ2n) is 7.98. The van der Waals surface area contributed by atoms with E-state index < -0.39 is 27.5 Å². The molecule has 1 N–H and O–H groups in total. The quantitative estimate of drug-likeness (QED) is 0.710. The molecule has 2 aliphatic heterocycles. The summed E-state index contributed by atoms with van der Waals surface area (Å²) in [7, 11) is -3.64. The van der Waals surface area contributed by atoms with Crippen LogP contribution in [0.2, 0.25) is 0 Å². The monoisotopic (exact) mass is 422 g/mol. The van der Waals surface area contributed by atoms with Gasteiger partial charge in [-0.15, -0.1) is 0 Å². The van der Waals surface area contributed by atoms with Crippen LogP contribution in [0.15, 0.2) is 23.1 Å². The Morgan fingerprint density at radius 1 is 1.07 bits per heavy atom. The van der Waals surface area contributed by atoms with E-state index in [1.807, 2.05) is 13.8 Å². The summed E-state index contributed by atoms with van der Waals surface area (Å²) in [6.45, 7) is 7.32. The van der Waals surface area contributed by atoms with Crippen molar-refractivity contribution >= 4 is 27.9 Å². The predicted octanol–water partition coefficient (Wildman–Crippen LogP) is 0.467. The van der Waals surface area contributed by atoms with E-state index in [1.54, 1.807) is 32.0 Å². The lowest BCUT2D eigenvalue weighted by atomic mass is 10.1. The van der Waals surface area contributed by atoms with Crippen molar-refractivity contribution in [1.29, 1.82) is 0 Å². The Bertz CT molecular complexity index is 965. The number of rotatable bonds is 4. The molecule has 3 rings (SSSR count). The highest BCUT2D eigenvalue weighted by Crippen LogP contribution is 2.21. The molecule has 0 radical (unpaired) electrons. The summed E-state index contributed by atoms with van der Waals surface area (Å²) in [4.78, 5) is 39.4. The Hall–Kier alpha value is -2.46.